The third-order valence-electron chi connectivity index (χ3n) is 14.4. The van der Waals surface area contributed by atoms with Gasteiger partial charge < -0.3 is 65.7 Å². The van der Waals surface area contributed by atoms with Crippen molar-refractivity contribution >= 4 is 96.2 Å². The topological polar surface area (TPSA) is 406 Å². The molecule has 2 bridgehead atoms. The molecule has 1 amide bonds. The Morgan fingerprint density at radius 2 is 1.29 bits per heavy atom. The Hall–Kier alpha value is -2.03. The minimum absolute atomic E-state index is 0. The van der Waals surface area contributed by atoms with Gasteiger partial charge in [0.1, 0.15) is 23.9 Å². The number of ether oxygens (including phenoxy) is 5. The second-order valence-corrected chi connectivity index (χ2v) is 28.6. The van der Waals surface area contributed by atoms with Crippen molar-refractivity contribution in [1.82, 2.24) is 17.6 Å². The Morgan fingerprint density at radius 1 is 0.807 bits per heavy atom. The number of amides is 1. The summed E-state index contributed by atoms with van der Waals surface area (Å²) in [5, 5.41) is 40.2. The molecule has 1 saturated heterocycles. The summed E-state index contributed by atoms with van der Waals surface area (Å²) in [4.78, 5) is 83.5. The van der Waals surface area contributed by atoms with Gasteiger partial charge in [0.05, 0.1) is 55.9 Å². The van der Waals surface area contributed by atoms with Crippen LogP contribution in [0.1, 0.15) is 86.7 Å². The van der Waals surface area contributed by atoms with Crippen molar-refractivity contribution in [2.45, 2.75) is 108 Å². The number of Topliss-reactive ketones (excluding diaryl/α,β-unsaturated/α-hetero) is 1. The van der Waals surface area contributed by atoms with Crippen LogP contribution in [0.3, 0.4) is 0 Å². The van der Waals surface area contributed by atoms with Crippen LogP contribution in [-0.4, -0.2) is 154 Å². The van der Waals surface area contributed by atoms with Crippen LogP contribution in [0.4, 0.5) is 0 Å². The minimum atomic E-state index is -4.20. The molecule has 3 aliphatic carbocycles. The molecular weight excluding hydrogens is 1410 g/mol. The van der Waals surface area contributed by atoms with Crippen molar-refractivity contribution in [2.75, 3.05) is 29.6 Å². The molecule has 0 spiro atoms. The van der Waals surface area contributed by atoms with Gasteiger partial charge in [0.25, 0.3) is 5.91 Å². The number of fused-ring (bicyclic) bond motifs is 5. The largest absolute Gasteiger partial charge is 1.00 e. The van der Waals surface area contributed by atoms with Crippen LogP contribution >= 0.6 is 40.4 Å². The van der Waals surface area contributed by atoms with Gasteiger partial charge in [0.15, 0.2) is 23.6 Å². The monoisotopic (exact) mass is 1480 g/mol. The molecule has 1 heterocycles. The molecule has 23 nitrogen and oxygen atoms in total. The Kier molecular flexibility index (Phi) is 31.9. The molecule has 11 atom stereocenters. The number of carbonyl (C=O) groups is 6. The maximum absolute atomic E-state index is 15.5. The smallest absolute Gasteiger partial charge is 1.00 e. The number of carbonyl (C=O) groups excluding carboxylic acids is 6. The van der Waals surface area contributed by atoms with Crippen molar-refractivity contribution in [3.05, 3.63) is 119 Å². The van der Waals surface area contributed by atoms with Crippen LogP contribution in [0.2, 0.25) is 0 Å². The van der Waals surface area contributed by atoms with Crippen molar-refractivity contribution in [1.29, 1.82) is 0 Å². The number of nitrogens with one attached hydrogen (secondary N) is 1. The molecule has 83 heavy (non-hydrogen) atoms. The fourth-order valence-corrected chi connectivity index (χ4v) is 14.9. The molecule has 1 aliphatic heterocycles. The number of rotatable bonds is 17. The third-order valence-corrected chi connectivity index (χ3v) is 18.7. The van der Waals surface area contributed by atoms with E-state index in [1.165, 1.54) is 26.0 Å². The fourth-order valence-electron chi connectivity index (χ4n) is 10.6. The van der Waals surface area contributed by atoms with Crippen LogP contribution in [0.25, 0.3) is 0 Å². The number of hydrogen-bond acceptors (Lipinski definition) is 24. The van der Waals surface area contributed by atoms with E-state index in [0.717, 1.165) is 35.4 Å². The molecule has 454 valence electrons. The van der Waals surface area contributed by atoms with Crippen molar-refractivity contribution in [2.24, 2.45) is 16.7 Å². The molecule has 4 aliphatic rings. The molecule has 0 unspecified atom stereocenters. The number of esters is 4. The molecule has 10 N–H and O–H groups in total. The zero-order valence-corrected chi connectivity index (χ0v) is 57.7. The van der Waals surface area contributed by atoms with E-state index in [0.29, 0.717) is 5.56 Å². The van der Waals surface area contributed by atoms with Crippen LogP contribution in [0.15, 0.2) is 102 Å². The van der Waals surface area contributed by atoms with E-state index in [2.05, 4.69) is 5.32 Å². The van der Waals surface area contributed by atoms with E-state index in [1.54, 1.807) is 92.7 Å². The first-order chi connectivity index (χ1) is 36.9. The predicted octanol–water partition coefficient (Wildman–Crippen LogP) is -1.10. The Bertz CT molecular complexity index is 2930. The van der Waals surface area contributed by atoms with Gasteiger partial charge in [-0.2, -0.15) is 0 Å². The van der Waals surface area contributed by atoms with E-state index >= 15 is 4.79 Å². The van der Waals surface area contributed by atoms with E-state index in [-0.39, 0.29) is 118 Å². The van der Waals surface area contributed by atoms with Crippen molar-refractivity contribution < 1.29 is 169 Å². The molecule has 0 aromatic heterocycles. The maximum atomic E-state index is 15.5. The van der Waals surface area contributed by atoms with Crippen LogP contribution in [0, 0.1) is 16.7 Å². The second-order valence-electron chi connectivity index (χ2n) is 19.6. The predicted molar refractivity (Wildman–Crippen MR) is 293 cm³/mol. The fraction of sp³-hybridized carbons (Fsp3) is 0.490. The Labute approximate surface area is 550 Å². The zero-order valence-electron chi connectivity index (χ0n) is 46.6. The first-order valence-corrected chi connectivity index (χ1v) is 35.3. The van der Waals surface area contributed by atoms with Gasteiger partial charge in [-0.1, -0.05) is 102 Å². The van der Waals surface area contributed by atoms with Gasteiger partial charge in [0.2, 0.25) is 0 Å². The van der Waals surface area contributed by atoms with Gasteiger partial charge in [-0.05, 0) is 54.8 Å². The summed E-state index contributed by atoms with van der Waals surface area (Å²) in [6, 6.07) is 22.9. The van der Waals surface area contributed by atoms with Crippen molar-refractivity contribution in [3.63, 3.8) is 0 Å². The van der Waals surface area contributed by atoms with Crippen LogP contribution < -0.4 is 76.7 Å². The first kappa shape index (κ1) is 79.0. The number of benzene rings is 3. The zero-order chi connectivity index (χ0) is 58.9. The van der Waals surface area contributed by atoms with Crippen LogP contribution in [-0.2, 0) is 79.6 Å². The number of aliphatic hydroxyl groups is 3. The SMILES string of the molecule is CC(=O)O[C@H]1C(=O)[C@@]2(C)[C@H]([C@H](OC(=O)c3ccccc3)[C@]3(O)C[C@H](OC(=O)[C@H](O)[C@@H](NC(=O)c4ccccc4)c4ccccc4)C(C)=C1C3(C)C)[C@]1(OC(C)=O)CO[C@@H]1C[C@@H]2O.N.N.O=S(=O)([O-])CCSSCCS(=O)(=O)[O-].[Cl][Pt][Cl].[Na+].[Na+]. The van der Waals surface area contributed by atoms with Gasteiger partial charge in [-0.25, -0.2) is 26.4 Å². The molecule has 2 saturated carbocycles. The standard InChI is InChI=1S/C47H51NO14.C4H10O6S4.2ClH.2H3N.2Na.Pt/c1-25-31(60-43(56)36(52)35(28-16-10-7-11-17-28)48-41(54)29-18-12-8-13-19-29)23-47(57)40(61-42(55)30-20-14-9-15-21-30)38-45(6,32(51)22-33-46(38,24-58-33)62-27(3)50)39(53)37(59-26(2)49)34(25)44(47,4)5;5-13(6,7)3-1-11-12-2-4-14(8,9)10;;;;;;;/h7-21,31-33,35-38,40,51-52,57H,22-24H2,1-6H3,(H,48,54);1-4H2,(H,5,6,7)(H,8,9,10);2*1H;2*1H3;;;/q;;;;;;2*+1;+2/p-4/t31-,32-,33+,35-,36+,37+,38-,40-,45+,46-,47+;;;;;;;;/m0......../s1. The summed E-state index contributed by atoms with van der Waals surface area (Å²) in [7, 11) is 3.45. The summed E-state index contributed by atoms with van der Waals surface area (Å²) in [6.45, 7) is 7.97. The van der Waals surface area contributed by atoms with Gasteiger partial charge in [-0.15, -0.1) is 0 Å². The first-order valence-electron chi connectivity index (χ1n) is 24.0. The average molecular weight is 1480 g/mol. The Morgan fingerprint density at radius 3 is 1.73 bits per heavy atom. The van der Waals surface area contributed by atoms with Crippen LogP contribution in [0.5, 0.6) is 0 Å². The molecule has 7 rings (SSSR count). The maximum Gasteiger partial charge on any atom is 1.00 e. The van der Waals surface area contributed by atoms with E-state index < -0.39 is 161 Å². The summed E-state index contributed by atoms with van der Waals surface area (Å²) >= 11 is -0.472. The molecular formula is C51H65Cl2N3Na2O20PtS4. The minimum Gasteiger partial charge on any atom is 1.00 e. The molecule has 3 aromatic rings. The number of ketones is 1. The van der Waals surface area contributed by atoms with E-state index in [1.807, 2.05) is 0 Å². The normalized spacial score (nSPS) is 26.3. The second kappa shape index (κ2) is 33.5. The number of halogens is 2. The van der Waals surface area contributed by atoms with Gasteiger partial charge in [0, 0.05) is 60.7 Å². The summed E-state index contributed by atoms with van der Waals surface area (Å²) < 4.78 is 90.9. The molecule has 32 heteroatoms. The van der Waals surface area contributed by atoms with Gasteiger partial charge >= 0.3 is 118 Å². The molecule has 3 fully saturated rings. The number of aliphatic hydroxyl groups excluding tert-OH is 2. The molecule has 0 radical (unpaired) electrons. The summed E-state index contributed by atoms with van der Waals surface area (Å²) in [5.74, 6) is -7.64. The molecule has 3 aromatic carbocycles. The quantitative estimate of drug-likeness (QED) is 0.0178. The van der Waals surface area contributed by atoms with Gasteiger partial charge in [-0.3, -0.25) is 19.2 Å². The summed E-state index contributed by atoms with van der Waals surface area (Å²) in [6.07, 6.45) is -10.5. The number of hydrogen-bond donors (Lipinski definition) is 6. The van der Waals surface area contributed by atoms with E-state index in [9.17, 15) is 65.2 Å². The third kappa shape index (κ3) is 19.0. The average Bonchev–Trinajstić information content (AvgIpc) is 1.21. The van der Waals surface area contributed by atoms with Crippen molar-refractivity contribution in [3.8, 4) is 0 Å². The Balaban J connectivity index is 0.00000143. The summed E-state index contributed by atoms with van der Waals surface area (Å²) in [5.41, 5.74) is -7.02. The van der Waals surface area contributed by atoms with E-state index in [4.69, 9.17) is 42.5 Å².